The number of nitro groups is 1. The molecule has 1 unspecified atom stereocenters. The van der Waals surface area contributed by atoms with Crippen LogP contribution < -0.4 is 5.32 Å². The van der Waals surface area contributed by atoms with E-state index in [1.54, 1.807) is 37.3 Å². The zero-order valence-corrected chi connectivity index (χ0v) is 11.1. The second-order valence-corrected chi connectivity index (χ2v) is 4.52. The van der Waals surface area contributed by atoms with Gasteiger partial charge in [0.1, 0.15) is 11.5 Å². The second-order valence-electron chi connectivity index (χ2n) is 4.52. The Bertz CT molecular complexity index is 592. The van der Waals surface area contributed by atoms with Gasteiger partial charge in [-0.15, -0.1) is 0 Å². The first-order valence-electron chi connectivity index (χ1n) is 6.29. The van der Waals surface area contributed by atoms with Gasteiger partial charge < -0.3 is 14.8 Å². The number of aliphatic hydroxyl groups excluding tert-OH is 1. The summed E-state index contributed by atoms with van der Waals surface area (Å²) < 4.78 is 5.59. The largest absolute Gasteiger partial charge is 0.459 e. The number of benzene rings is 1. The monoisotopic (exact) mass is 276 g/mol. The van der Waals surface area contributed by atoms with Gasteiger partial charge in [0.15, 0.2) is 0 Å². The minimum atomic E-state index is -0.431. The summed E-state index contributed by atoms with van der Waals surface area (Å²) in [5.74, 6) is 1.13. The highest BCUT2D eigenvalue weighted by molar-refractivity contribution is 5.69. The molecule has 1 heterocycles. The van der Waals surface area contributed by atoms with Crippen molar-refractivity contribution >= 4 is 5.69 Å². The van der Waals surface area contributed by atoms with Gasteiger partial charge in [-0.25, -0.2) is 0 Å². The topological polar surface area (TPSA) is 88.5 Å². The number of hydrogen-bond acceptors (Lipinski definition) is 5. The molecule has 1 atom stereocenters. The normalized spacial score (nSPS) is 12.3. The van der Waals surface area contributed by atoms with Crippen molar-refractivity contribution in [3.05, 3.63) is 52.3 Å². The maximum atomic E-state index is 11.0. The molecular formula is C14H16N2O4. The molecule has 0 aliphatic carbocycles. The average Bonchev–Trinajstić information content (AvgIpc) is 2.87. The molecule has 6 nitrogen and oxygen atoms in total. The Morgan fingerprint density at radius 3 is 2.80 bits per heavy atom. The third-order valence-electron chi connectivity index (χ3n) is 2.77. The van der Waals surface area contributed by atoms with Crippen LogP contribution in [0.1, 0.15) is 12.7 Å². The number of aliphatic hydroxyl groups is 1. The molecule has 0 saturated heterocycles. The number of rotatable bonds is 6. The summed E-state index contributed by atoms with van der Waals surface area (Å²) in [6.07, 6.45) is -0.431. The molecule has 0 aliphatic heterocycles. The van der Waals surface area contributed by atoms with E-state index in [0.717, 1.165) is 0 Å². The molecule has 106 valence electrons. The van der Waals surface area contributed by atoms with Gasteiger partial charge in [0.25, 0.3) is 5.69 Å². The molecule has 2 aromatic rings. The van der Waals surface area contributed by atoms with E-state index in [4.69, 9.17) is 9.52 Å². The van der Waals surface area contributed by atoms with Crippen LogP contribution in [0.15, 0.2) is 40.8 Å². The van der Waals surface area contributed by atoms with E-state index in [-0.39, 0.29) is 5.69 Å². The zero-order chi connectivity index (χ0) is 14.5. The lowest BCUT2D eigenvalue weighted by atomic mass is 10.1. The van der Waals surface area contributed by atoms with E-state index in [0.29, 0.717) is 30.2 Å². The maximum Gasteiger partial charge on any atom is 0.280 e. The number of furan rings is 1. The fourth-order valence-corrected chi connectivity index (χ4v) is 1.86. The molecule has 0 saturated carbocycles. The van der Waals surface area contributed by atoms with Crippen LogP contribution in [0, 0.1) is 10.1 Å². The first-order chi connectivity index (χ1) is 9.58. The van der Waals surface area contributed by atoms with Gasteiger partial charge in [-0.2, -0.15) is 0 Å². The van der Waals surface area contributed by atoms with Crippen LogP contribution in [0.3, 0.4) is 0 Å². The van der Waals surface area contributed by atoms with Crippen LogP contribution in [-0.2, 0) is 6.54 Å². The standard InChI is InChI=1S/C14H16N2O4/c1-10(17)8-15-9-11-6-7-14(20-11)12-4-2-3-5-13(12)16(18)19/h2-7,10,15,17H,8-9H2,1H3. The Balaban J connectivity index is 2.15. The van der Waals surface area contributed by atoms with Crippen LogP contribution in [0.25, 0.3) is 11.3 Å². The van der Waals surface area contributed by atoms with Gasteiger partial charge >= 0.3 is 0 Å². The lowest BCUT2D eigenvalue weighted by Gasteiger charge is -2.04. The van der Waals surface area contributed by atoms with Crippen LogP contribution in [0.2, 0.25) is 0 Å². The Labute approximate surface area is 116 Å². The van der Waals surface area contributed by atoms with E-state index in [9.17, 15) is 10.1 Å². The smallest absolute Gasteiger partial charge is 0.280 e. The molecule has 1 aromatic heterocycles. The molecule has 20 heavy (non-hydrogen) atoms. The van der Waals surface area contributed by atoms with Crippen LogP contribution in [0.4, 0.5) is 5.69 Å². The maximum absolute atomic E-state index is 11.0. The SMILES string of the molecule is CC(O)CNCc1ccc(-c2ccccc2[N+](=O)[O-])o1. The molecule has 0 aliphatic rings. The lowest BCUT2D eigenvalue weighted by molar-refractivity contribution is -0.384. The molecule has 0 bridgehead atoms. The van der Waals surface area contributed by atoms with Crippen molar-refractivity contribution in [3.63, 3.8) is 0 Å². The average molecular weight is 276 g/mol. The Hall–Kier alpha value is -2.18. The number of hydrogen-bond donors (Lipinski definition) is 2. The van der Waals surface area contributed by atoms with Crippen molar-refractivity contribution < 1.29 is 14.4 Å². The van der Waals surface area contributed by atoms with Gasteiger partial charge in [0.05, 0.1) is 23.1 Å². The van der Waals surface area contributed by atoms with E-state index in [2.05, 4.69) is 5.32 Å². The van der Waals surface area contributed by atoms with E-state index in [1.807, 2.05) is 0 Å². The molecule has 0 spiro atoms. The van der Waals surface area contributed by atoms with Crippen molar-refractivity contribution in [1.29, 1.82) is 0 Å². The van der Waals surface area contributed by atoms with Crippen molar-refractivity contribution in [1.82, 2.24) is 5.32 Å². The summed E-state index contributed by atoms with van der Waals surface area (Å²) in [6, 6.07) is 9.93. The first kappa shape index (κ1) is 14.2. The highest BCUT2D eigenvalue weighted by Gasteiger charge is 2.16. The van der Waals surface area contributed by atoms with Crippen molar-refractivity contribution in [2.24, 2.45) is 0 Å². The predicted molar refractivity (Wildman–Crippen MR) is 74.2 cm³/mol. The van der Waals surface area contributed by atoms with Gasteiger partial charge in [-0.05, 0) is 25.1 Å². The predicted octanol–water partition coefficient (Wildman–Crippen LogP) is 2.33. The lowest BCUT2D eigenvalue weighted by Crippen LogP contribution is -2.23. The minimum absolute atomic E-state index is 0.0188. The summed E-state index contributed by atoms with van der Waals surface area (Å²) in [7, 11) is 0. The van der Waals surface area contributed by atoms with Crippen molar-refractivity contribution in [2.75, 3.05) is 6.54 Å². The summed E-state index contributed by atoms with van der Waals surface area (Å²) in [6.45, 7) is 2.61. The Morgan fingerprint density at radius 2 is 2.10 bits per heavy atom. The summed E-state index contributed by atoms with van der Waals surface area (Å²) >= 11 is 0. The first-order valence-corrected chi connectivity index (χ1v) is 6.29. The fraction of sp³-hybridized carbons (Fsp3) is 0.286. The Kier molecular flexibility index (Phi) is 4.49. The number of nitrogens with zero attached hydrogens (tertiary/aromatic N) is 1. The molecule has 0 fully saturated rings. The molecular weight excluding hydrogens is 260 g/mol. The molecule has 1 aromatic carbocycles. The van der Waals surface area contributed by atoms with Gasteiger partial charge in [-0.3, -0.25) is 10.1 Å². The van der Waals surface area contributed by atoms with Crippen LogP contribution in [0.5, 0.6) is 0 Å². The third-order valence-corrected chi connectivity index (χ3v) is 2.77. The third kappa shape index (κ3) is 3.43. The van der Waals surface area contributed by atoms with E-state index in [1.165, 1.54) is 6.07 Å². The second kappa shape index (κ2) is 6.31. The minimum Gasteiger partial charge on any atom is -0.459 e. The number of nitro benzene ring substituents is 1. The zero-order valence-electron chi connectivity index (χ0n) is 11.1. The molecule has 0 radical (unpaired) electrons. The van der Waals surface area contributed by atoms with E-state index >= 15 is 0 Å². The fourth-order valence-electron chi connectivity index (χ4n) is 1.86. The summed E-state index contributed by atoms with van der Waals surface area (Å²) in [4.78, 5) is 10.5. The molecule has 0 amide bonds. The molecule has 6 heteroatoms. The van der Waals surface area contributed by atoms with Crippen LogP contribution in [-0.4, -0.2) is 22.7 Å². The van der Waals surface area contributed by atoms with Gasteiger partial charge in [0.2, 0.25) is 0 Å². The number of nitrogens with one attached hydrogen (secondary N) is 1. The highest BCUT2D eigenvalue weighted by atomic mass is 16.6. The van der Waals surface area contributed by atoms with E-state index < -0.39 is 11.0 Å². The van der Waals surface area contributed by atoms with Crippen molar-refractivity contribution in [2.45, 2.75) is 19.6 Å². The summed E-state index contributed by atoms with van der Waals surface area (Å²) in [5.41, 5.74) is 0.476. The molecule has 2 N–H and O–H groups in total. The van der Waals surface area contributed by atoms with Crippen molar-refractivity contribution in [3.8, 4) is 11.3 Å². The quantitative estimate of drug-likeness (QED) is 0.624. The van der Waals surface area contributed by atoms with Gasteiger partial charge in [0, 0.05) is 12.6 Å². The number of para-hydroxylation sites is 1. The Morgan fingerprint density at radius 1 is 1.35 bits per heavy atom. The van der Waals surface area contributed by atoms with Crippen LogP contribution >= 0.6 is 0 Å². The summed E-state index contributed by atoms with van der Waals surface area (Å²) in [5, 5.41) is 23.1. The van der Waals surface area contributed by atoms with Gasteiger partial charge in [-0.1, -0.05) is 12.1 Å². The molecule has 2 rings (SSSR count). The highest BCUT2D eigenvalue weighted by Crippen LogP contribution is 2.30.